The van der Waals surface area contributed by atoms with E-state index in [-0.39, 0.29) is 6.61 Å². The van der Waals surface area contributed by atoms with Gasteiger partial charge >= 0.3 is 0 Å². The molecule has 3 heteroatoms. The Hall–Kier alpha value is -1.58. The smallest absolute Gasteiger partial charge is 0.0702 e. The Morgan fingerprint density at radius 3 is 2.78 bits per heavy atom. The summed E-state index contributed by atoms with van der Waals surface area (Å²) in [5.74, 6) is 0. The molecule has 18 heavy (non-hydrogen) atoms. The molecular formula is C15H15NOS. The summed E-state index contributed by atoms with van der Waals surface area (Å²) in [7, 11) is 0. The van der Waals surface area contributed by atoms with Crippen LogP contribution in [0.3, 0.4) is 0 Å². The molecule has 0 fully saturated rings. The molecule has 0 aliphatic heterocycles. The number of aromatic nitrogens is 1. The molecule has 0 saturated heterocycles. The molecule has 1 N–H and O–H groups in total. The Bertz CT molecular complexity index is 640. The molecule has 92 valence electrons. The fourth-order valence-electron chi connectivity index (χ4n) is 2.32. The lowest BCUT2D eigenvalue weighted by atomic mass is 10.2. The zero-order valence-electron chi connectivity index (χ0n) is 10.0. The van der Waals surface area contributed by atoms with Gasteiger partial charge in [-0.3, -0.25) is 0 Å². The van der Waals surface area contributed by atoms with Crippen molar-refractivity contribution < 1.29 is 5.11 Å². The molecule has 0 radical (unpaired) electrons. The number of benzene rings is 1. The molecule has 1 aromatic carbocycles. The normalized spacial score (nSPS) is 11.2. The van der Waals surface area contributed by atoms with Crippen LogP contribution in [0.4, 0.5) is 0 Å². The third-order valence-corrected chi connectivity index (χ3v) is 4.16. The quantitative estimate of drug-likeness (QED) is 0.761. The summed E-state index contributed by atoms with van der Waals surface area (Å²) in [5.41, 5.74) is 2.22. The van der Waals surface area contributed by atoms with Crippen molar-refractivity contribution in [2.45, 2.75) is 19.6 Å². The summed E-state index contributed by atoms with van der Waals surface area (Å²) in [4.78, 5) is 1.40. The van der Waals surface area contributed by atoms with E-state index in [9.17, 15) is 5.11 Å². The second-order valence-corrected chi connectivity index (χ2v) is 5.38. The van der Waals surface area contributed by atoms with Crippen LogP contribution in [0.1, 0.15) is 10.4 Å². The third-order valence-electron chi connectivity index (χ3n) is 3.22. The predicted octanol–water partition coefficient (Wildman–Crippen LogP) is 3.44. The molecule has 0 aliphatic carbocycles. The first-order valence-corrected chi connectivity index (χ1v) is 6.96. The van der Waals surface area contributed by atoms with Crippen LogP contribution >= 0.6 is 11.3 Å². The van der Waals surface area contributed by atoms with E-state index in [1.807, 2.05) is 12.1 Å². The number of hydrogen-bond donors (Lipinski definition) is 1. The summed E-state index contributed by atoms with van der Waals surface area (Å²) in [5, 5.41) is 12.7. The van der Waals surface area contributed by atoms with Crippen LogP contribution in [0, 0.1) is 0 Å². The van der Waals surface area contributed by atoms with Gasteiger partial charge < -0.3 is 9.67 Å². The molecule has 0 aliphatic rings. The number of para-hydroxylation sites is 1. The van der Waals surface area contributed by atoms with Gasteiger partial charge in [0.25, 0.3) is 0 Å². The highest BCUT2D eigenvalue weighted by Crippen LogP contribution is 2.22. The van der Waals surface area contributed by atoms with E-state index in [0.29, 0.717) is 0 Å². The van der Waals surface area contributed by atoms with E-state index in [0.717, 1.165) is 23.9 Å². The molecule has 2 aromatic heterocycles. The first kappa shape index (κ1) is 11.5. The molecule has 2 heterocycles. The van der Waals surface area contributed by atoms with E-state index in [1.54, 1.807) is 11.3 Å². The topological polar surface area (TPSA) is 25.2 Å². The summed E-state index contributed by atoms with van der Waals surface area (Å²) in [6.07, 6.45) is 3.11. The summed E-state index contributed by atoms with van der Waals surface area (Å²) >= 11 is 1.80. The lowest BCUT2D eigenvalue weighted by Gasteiger charge is -2.03. The van der Waals surface area contributed by atoms with Gasteiger partial charge in [-0.25, -0.2) is 0 Å². The van der Waals surface area contributed by atoms with E-state index in [4.69, 9.17) is 0 Å². The van der Waals surface area contributed by atoms with E-state index >= 15 is 0 Å². The maximum atomic E-state index is 9.39. The molecule has 0 amide bonds. The Morgan fingerprint density at radius 1 is 1.11 bits per heavy atom. The molecule has 0 unspecified atom stereocenters. The summed E-state index contributed by atoms with van der Waals surface area (Å²) < 4.78 is 2.24. The van der Waals surface area contributed by atoms with Crippen molar-refractivity contribution in [3.05, 3.63) is 58.4 Å². The van der Waals surface area contributed by atoms with Crippen LogP contribution in [-0.2, 0) is 19.6 Å². The van der Waals surface area contributed by atoms with Gasteiger partial charge in [0, 0.05) is 34.1 Å². The average molecular weight is 257 g/mol. The molecular weight excluding hydrogens is 242 g/mol. The summed E-state index contributed by atoms with van der Waals surface area (Å²) in [6.45, 7) is 1.06. The van der Waals surface area contributed by atoms with Crippen LogP contribution in [0.2, 0.25) is 0 Å². The highest BCUT2D eigenvalue weighted by atomic mass is 32.1. The first-order chi connectivity index (χ1) is 8.88. The van der Waals surface area contributed by atoms with Gasteiger partial charge in [0.1, 0.15) is 0 Å². The maximum absolute atomic E-state index is 9.39. The largest absolute Gasteiger partial charge is 0.392 e. The van der Waals surface area contributed by atoms with Crippen LogP contribution in [-0.4, -0.2) is 9.67 Å². The molecule has 3 rings (SSSR count). The highest BCUT2D eigenvalue weighted by molar-refractivity contribution is 7.09. The maximum Gasteiger partial charge on any atom is 0.0702 e. The Balaban J connectivity index is 1.91. The van der Waals surface area contributed by atoms with Gasteiger partial charge in [-0.05, 0) is 23.9 Å². The lowest BCUT2D eigenvalue weighted by Crippen LogP contribution is -1.98. The van der Waals surface area contributed by atoms with Gasteiger partial charge in [-0.1, -0.05) is 24.3 Å². The van der Waals surface area contributed by atoms with Gasteiger partial charge in [0.05, 0.1) is 6.61 Å². The number of nitrogens with zero attached hydrogens (tertiary/aromatic N) is 1. The summed E-state index contributed by atoms with van der Waals surface area (Å²) in [6, 6.07) is 12.5. The van der Waals surface area contributed by atoms with E-state index in [1.165, 1.54) is 10.4 Å². The molecule has 0 bridgehead atoms. The van der Waals surface area contributed by atoms with Crippen molar-refractivity contribution in [1.29, 1.82) is 0 Å². The number of aliphatic hydroxyl groups is 1. The SMILES string of the molecule is OCc1cn(CCc2cccs2)c2ccccc12. The second kappa shape index (κ2) is 4.96. The number of hydrogen-bond acceptors (Lipinski definition) is 2. The second-order valence-electron chi connectivity index (χ2n) is 4.35. The molecule has 2 nitrogen and oxygen atoms in total. The Morgan fingerprint density at radius 2 is 2.00 bits per heavy atom. The van der Waals surface area contributed by atoms with Crippen LogP contribution in [0.25, 0.3) is 10.9 Å². The number of aliphatic hydroxyl groups excluding tert-OH is 1. The standard InChI is InChI=1S/C15H15NOS/c17-11-12-10-16(8-7-13-4-3-9-18-13)15-6-2-1-5-14(12)15/h1-6,9-10,17H,7-8,11H2. The van der Waals surface area contributed by atoms with Crippen molar-refractivity contribution in [3.63, 3.8) is 0 Å². The van der Waals surface area contributed by atoms with Crippen molar-refractivity contribution in [2.75, 3.05) is 0 Å². The zero-order chi connectivity index (χ0) is 12.4. The minimum Gasteiger partial charge on any atom is -0.392 e. The fourth-order valence-corrected chi connectivity index (χ4v) is 3.02. The van der Waals surface area contributed by atoms with Crippen molar-refractivity contribution in [1.82, 2.24) is 4.57 Å². The van der Waals surface area contributed by atoms with Crippen molar-refractivity contribution in [3.8, 4) is 0 Å². The predicted molar refractivity (Wildman–Crippen MR) is 75.9 cm³/mol. The highest BCUT2D eigenvalue weighted by Gasteiger charge is 2.07. The first-order valence-electron chi connectivity index (χ1n) is 6.08. The Labute approximate surface area is 110 Å². The molecule has 0 atom stereocenters. The average Bonchev–Trinajstić information content (AvgIpc) is 3.04. The van der Waals surface area contributed by atoms with Gasteiger partial charge in [-0.15, -0.1) is 11.3 Å². The van der Waals surface area contributed by atoms with Crippen LogP contribution in [0.15, 0.2) is 48.0 Å². The molecule has 0 spiro atoms. The monoisotopic (exact) mass is 257 g/mol. The van der Waals surface area contributed by atoms with Gasteiger partial charge in [0.2, 0.25) is 0 Å². The van der Waals surface area contributed by atoms with Gasteiger partial charge in [0.15, 0.2) is 0 Å². The minimum absolute atomic E-state index is 0.104. The number of rotatable bonds is 4. The number of aryl methyl sites for hydroxylation is 2. The minimum atomic E-state index is 0.104. The Kier molecular flexibility index (Phi) is 3.17. The zero-order valence-corrected chi connectivity index (χ0v) is 10.9. The van der Waals surface area contributed by atoms with Crippen LogP contribution < -0.4 is 0 Å². The van der Waals surface area contributed by atoms with Crippen LogP contribution in [0.5, 0.6) is 0 Å². The third kappa shape index (κ3) is 2.07. The van der Waals surface area contributed by atoms with Crippen molar-refractivity contribution >= 4 is 22.2 Å². The molecule has 0 saturated carbocycles. The lowest BCUT2D eigenvalue weighted by molar-refractivity contribution is 0.283. The van der Waals surface area contributed by atoms with Crippen molar-refractivity contribution in [2.24, 2.45) is 0 Å². The molecule has 3 aromatic rings. The van der Waals surface area contributed by atoms with E-state index < -0.39 is 0 Å². The van der Waals surface area contributed by atoms with E-state index in [2.05, 4.69) is 40.4 Å². The van der Waals surface area contributed by atoms with Gasteiger partial charge in [-0.2, -0.15) is 0 Å². The number of fused-ring (bicyclic) bond motifs is 1. The number of thiophene rings is 1. The fraction of sp³-hybridized carbons (Fsp3) is 0.200.